The number of hydrazine groups is 1. The van der Waals surface area contributed by atoms with E-state index in [4.69, 9.17) is 0 Å². The Morgan fingerprint density at radius 3 is 2.33 bits per heavy atom. The largest absolute Gasteiger partial charge is 0.357 e. The van der Waals surface area contributed by atoms with Gasteiger partial charge >= 0.3 is 0 Å². The molecule has 7 nitrogen and oxygen atoms in total. The first-order valence-electron chi connectivity index (χ1n) is 9.64. The Balaban J connectivity index is 1.64. The molecule has 4 aromatic rings. The van der Waals surface area contributed by atoms with E-state index in [1.54, 1.807) is 29.2 Å². The van der Waals surface area contributed by atoms with E-state index in [0.29, 0.717) is 17.0 Å². The fraction of sp³-hybridized carbons (Fsp3) is 0.0870. The summed E-state index contributed by atoms with van der Waals surface area (Å²) in [4.78, 5) is 27.8. The third-order valence-corrected chi connectivity index (χ3v) is 4.75. The number of rotatable bonds is 5. The van der Waals surface area contributed by atoms with E-state index in [-0.39, 0.29) is 0 Å². The minimum Gasteiger partial charge on any atom is -0.357 e. The van der Waals surface area contributed by atoms with Crippen LogP contribution in [0.3, 0.4) is 0 Å². The molecule has 2 aromatic heterocycles. The number of nitrogens with zero attached hydrogens (tertiary/aromatic N) is 2. The van der Waals surface area contributed by atoms with Crippen LogP contribution in [-0.4, -0.2) is 26.6 Å². The number of aromatic amines is 1. The van der Waals surface area contributed by atoms with Gasteiger partial charge in [0.25, 0.3) is 11.8 Å². The van der Waals surface area contributed by atoms with Crippen molar-refractivity contribution in [2.45, 2.75) is 13.3 Å². The molecule has 0 aliphatic carbocycles. The van der Waals surface area contributed by atoms with Crippen LogP contribution in [0.1, 0.15) is 33.3 Å². The van der Waals surface area contributed by atoms with Crippen LogP contribution in [0.4, 0.5) is 0 Å². The van der Waals surface area contributed by atoms with Gasteiger partial charge in [0.1, 0.15) is 11.4 Å². The van der Waals surface area contributed by atoms with E-state index >= 15 is 0 Å². The number of aromatic nitrogens is 3. The summed E-state index contributed by atoms with van der Waals surface area (Å²) in [7, 11) is 0. The standard InChI is InChI=1S/C23H21N5O2/c1-2-16-10-12-17(13-11-16)21-19(15-28(27-21)18-7-4-3-5-8-18)22(29)25-26-23(30)20-9-6-14-24-20/h3-15,24H,2H2,1H3,(H,25,29)(H,26,30). The number of amides is 2. The van der Waals surface area contributed by atoms with E-state index in [2.05, 4.69) is 27.9 Å². The molecule has 0 atom stereocenters. The molecule has 0 aliphatic heterocycles. The first kappa shape index (κ1) is 19.2. The molecule has 150 valence electrons. The van der Waals surface area contributed by atoms with Crippen molar-refractivity contribution >= 4 is 11.8 Å². The predicted octanol–water partition coefficient (Wildman–Crippen LogP) is 3.50. The van der Waals surface area contributed by atoms with E-state index in [1.807, 2.05) is 54.6 Å². The van der Waals surface area contributed by atoms with Gasteiger partial charge in [0.05, 0.1) is 11.3 Å². The molecule has 2 heterocycles. The fourth-order valence-electron chi connectivity index (χ4n) is 3.08. The van der Waals surface area contributed by atoms with Gasteiger partial charge in [-0.3, -0.25) is 20.4 Å². The summed E-state index contributed by atoms with van der Waals surface area (Å²) in [6, 6.07) is 20.8. The Bertz CT molecular complexity index is 1150. The Kier molecular flexibility index (Phi) is 5.43. The zero-order chi connectivity index (χ0) is 20.9. The molecule has 3 N–H and O–H groups in total. The fourth-order valence-corrected chi connectivity index (χ4v) is 3.08. The van der Waals surface area contributed by atoms with Gasteiger partial charge in [-0.15, -0.1) is 0 Å². The number of aryl methyl sites for hydroxylation is 1. The number of carbonyl (C=O) groups is 2. The van der Waals surface area contributed by atoms with Gasteiger partial charge in [-0.1, -0.05) is 49.4 Å². The molecule has 0 aliphatic rings. The molecule has 0 spiro atoms. The normalized spacial score (nSPS) is 10.6. The average molecular weight is 399 g/mol. The molecule has 0 radical (unpaired) electrons. The van der Waals surface area contributed by atoms with Crippen LogP contribution in [0.25, 0.3) is 16.9 Å². The Labute approximate surface area is 173 Å². The van der Waals surface area contributed by atoms with E-state index < -0.39 is 11.8 Å². The van der Waals surface area contributed by atoms with Crippen molar-refractivity contribution < 1.29 is 9.59 Å². The molecule has 2 aromatic carbocycles. The maximum absolute atomic E-state index is 12.9. The highest BCUT2D eigenvalue weighted by Gasteiger charge is 2.19. The van der Waals surface area contributed by atoms with Crippen molar-refractivity contribution in [3.05, 3.63) is 95.9 Å². The molecule has 0 saturated carbocycles. The summed E-state index contributed by atoms with van der Waals surface area (Å²) in [5.41, 5.74) is 8.99. The number of hydrogen-bond acceptors (Lipinski definition) is 3. The van der Waals surface area contributed by atoms with Crippen LogP contribution in [-0.2, 0) is 6.42 Å². The third-order valence-electron chi connectivity index (χ3n) is 4.75. The molecule has 2 amide bonds. The summed E-state index contributed by atoms with van der Waals surface area (Å²) in [5, 5.41) is 4.64. The van der Waals surface area contributed by atoms with E-state index in [1.165, 1.54) is 5.56 Å². The van der Waals surface area contributed by atoms with Crippen LogP contribution in [0.5, 0.6) is 0 Å². The molecule has 0 saturated heterocycles. The van der Waals surface area contributed by atoms with Gasteiger partial charge in [0, 0.05) is 18.0 Å². The molecule has 0 unspecified atom stereocenters. The lowest BCUT2D eigenvalue weighted by Crippen LogP contribution is -2.41. The van der Waals surface area contributed by atoms with Crippen molar-refractivity contribution in [1.82, 2.24) is 25.6 Å². The van der Waals surface area contributed by atoms with Crippen molar-refractivity contribution in [2.75, 3.05) is 0 Å². The van der Waals surface area contributed by atoms with Crippen LogP contribution in [0, 0.1) is 0 Å². The smallest absolute Gasteiger partial charge is 0.286 e. The minimum atomic E-state index is -0.452. The lowest BCUT2D eigenvalue weighted by Gasteiger charge is -2.07. The van der Waals surface area contributed by atoms with Gasteiger partial charge in [-0.2, -0.15) is 5.10 Å². The summed E-state index contributed by atoms with van der Waals surface area (Å²) in [5.74, 6) is -0.885. The van der Waals surface area contributed by atoms with E-state index in [9.17, 15) is 9.59 Å². The second-order valence-corrected chi connectivity index (χ2v) is 6.71. The monoisotopic (exact) mass is 399 g/mol. The molecular formula is C23H21N5O2. The first-order chi connectivity index (χ1) is 14.7. The van der Waals surface area contributed by atoms with Gasteiger partial charge in [-0.25, -0.2) is 4.68 Å². The zero-order valence-electron chi connectivity index (χ0n) is 16.4. The first-order valence-corrected chi connectivity index (χ1v) is 9.64. The van der Waals surface area contributed by atoms with Crippen molar-refractivity contribution in [3.8, 4) is 16.9 Å². The number of carbonyl (C=O) groups excluding carboxylic acids is 2. The Morgan fingerprint density at radius 2 is 1.67 bits per heavy atom. The quantitative estimate of drug-likeness (QED) is 0.449. The highest BCUT2D eigenvalue weighted by Crippen LogP contribution is 2.24. The van der Waals surface area contributed by atoms with Gasteiger partial charge in [0.2, 0.25) is 0 Å². The van der Waals surface area contributed by atoms with Crippen LogP contribution in [0.15, 0.2) is 79.1 Å². The topological polar surface area (TPSA) is 91.8 Å². The number of para-hydroxylation sites is 1. The number of hydrogen-bond donors (Lipinski definition) is 3. The number of H-pyrrole nitrogens is 1. The van der Waals surface area contributed by atoms with Crippen LogP contribution < -0.4 is 10.9 Å². The third kappa shape index (κ3) is 4.00. The molecule has 7 heteroatoms. The lowest BCUT2D eigenvalue weighted by atomic mass is 10.0. The molecular weight excluding hydrogens is 378 g/mol. The predicted molar refractivity (Wildman–Crippen MR) is 114 cm³/mol. The summed E-state index contributed by atoms with van der Waals surface area (Å²) >= 11 is 0. The van der Waals surface area contributed by atoms with Crippen molar-refractivity contribution in [2.24, 2.45) is 0 Å². The second-order valence-electron chi connectivity index (χ2n) is 6.71. The van der Waals surface area contributed by atoms with Gasteiger partial charge in [0.15, 0.2) is 0 Å². The maximum atomic E-state index is 12.9. The van der Waals surface area contributed by atoms with Crippen molar-refractivity contribution in [1.29, 1.82) is 0 Å². The molecule has 0 bridgehead atoms. The SMILES string of the molecule is CCc1ccc(-c2nn(-c3ccccc3)cc2C(=O)NNC(=O)c2ccc[nH]2)cc1. The number of nitrogens with one attached hydrogen (secondary N) is 3. The highest BCUT2D eigenvalue weighted by atomic mass is 16.2. The lowest BCUT2D eigenvalue weighted by molar-refractivity contribution is 0.0844. The van der Waals surface area contributed by atoms with Crippen molar-refractivity contribution in [3.63, 3.8) is 0 Å². The molecule has 0 fully saturated rings. The van der Waals surface area contributed by atoms with E-state index in [0.717, 1.165) is 17.7 Å². The average Bonchev–Trinajstić information content (AvgIpc) is 3.48. The maximum Gasteiger partial charge on any atom is 0.286 e. The minimum absolute atomic E-state index is 0.352. The second kappa shape index (κ2) is 8.48. The van der Waals surface area contributed by atoms with Gasteiger partial charge < -0.3 is 4.98 Å². The highest BCUT2D eigenvalue weighted by molar-refractivity contribution is 6.02. The summed E-state index contributed by atoms with van der Waals surface area (Å²) < 4.78 is 1.66. The van der Waals surface area contributed by atoms with Crippen LogP contribution >= 0.6 is 0 Å². The summed E-state index contributed by atoms with van der Waals surface area (Å²) in [6.07, 6.45) is 4.23. The molecule has 4 rings (SSSR count). The Morgan fingerprint density at radius 1 is 0.933 bits per heavy atom. The Hall–Kier alpha value is -4.13. The molecule has 30 heavy (non-hydrogen) atoms. The van der Waals surface area contributed by atoms with Crippen LogP contribution in [0.2, 0.25) is 0 Å². The zero-order valence-corrected chi connectivity index (χ0v) is 16.4. The number of benzene rings is 2. The van der Waals surface area contributed by atoms with Gasteiger partial charge in [-0.05, 0) is 36.2 Å². The summed E-state index contributed by atoms with van der Waals surface area (Å²) in [6.45, 7) is 2.09.